The molecule has 4 rings (SSSR count). The molecule has 0 bridgehead atoms. The number of hydrogen-bond acceptors (Lipinski definition) is 3. The predicted octanol–water partition coefficient (Wildman–Crippen LogP) is 5.17. The zero-order chi connectivity index (χ0) is 19.5. The number of nitrogens with one attached hydrogen (secondary N) is 1. The standard InChI is InChI=1S/C24H17N3O/c1-16-7-9-17(10-8-16)13-20(15-25)24-26-21-12-11-19(14-22(21)27-24)23(28)18-5-3-2-4-6-18/h2-14H,1H3,(H,26,27)/b20-13+. The van der Waals surface area contributed by atoms with Gasteiger partial charge in [0, 0.05) is 11.1 Å². The van der Waals surface area contributed by atoms with E-state index in [4.69, 9.17) is 0 Å². The van der Waals surface area contributed by atoms with Gasteiger partial charge in [-0.3, -0.25) is 4.79 Å². The Balaban J connectivity index is 1.70. The van der Waals surface area contributed by atoms with E-state index >= 15 is 0 Å². The summed E-state index contributed by atoms with van der Waals surface area (Å²) in [6.07, 6.45) is 1.80. The van der Waals surface area contributed by atoms with Gasteiger partial charge in [0.25, 0.3) is 0 Å². The number of benzene rings is 3. The van der Waals surface area contributed by atoms with Gasteiger partial charge < -0.3 is 4.98 Å². The molecule has 28 heavy (non-hydrogen) atoms. The highest BCUT2D eigenvalue weighted by atomic mass is 16.1. The molecule has 4 aromatic rings. The Labute approximate surface area is 162 Å². The molecule has 0 aliphatic carbocycles. The predicted molar refractivity (Wildman–Crippen MR) is 111 cm³/mol. The van der Waals surface area contributed by atoms with Crippen molar-refractivity contribution >= 4 is 28.5 Å². The molecule has 134 valence electrons. The van der Waals surface area contributed by atoms with Crippen molar-refractivity contribution in [2.75, 3.05) is 0 Å². The van der Waals surface area contributed by atoms with Crippen LogP contribution in [0.3, 0.4) is 0 Å². The molecule has 0 radical (unpaired) electrons. The average molecular weight is 363 g/mol. The SMILES string of the molecule is Cc1ccc(/C=C(\C#N)c2nc3ccc(C(=O)c4ccccc4)cc3[nH]2)cc1. The van der Waals surface area contributed by atoms with E-state index in [0.29, 0.717) is 28.0 Å². The second-order valence-electron chi connectivity index (χ2n) is 6.59. The molecule has 0 aliphatic rings. The fraction of sp³-hybridized carbons (Fsp3) is 0.0417. The summed E-state index contributed by atoms with van der Waals surface area (Å²) in [7, 11) is 0. The Morgan fingerprint density at radius 2 is 1.75 bits per heavy atom. The molecule has 4 nitrogen and oxygen atoms in total. The minimum absolute atomic E-state index is 0.0469. The Kier molecular flexibility index (Phi) is 4.57. The van der Waals surface area contributed by atoms with Gasteiger partial charge in [-0.1, -0.05) is 60.2 Å². The number of imidazole rings is 1. The van der Waals surface area contributed by atoms with Gasteiger partial charge in [0.2, 0.25) is 0 Å². The summed E-state index contributed by atoms with van der Waals surface area (Å²) in [6.45, 7) is 2.02. The number of nitriles is 1. The number of allylic oxidation sites excluding steroid dienone is 1. The maximum atomic E-state index is 12.7. The summed E-state index contributed by atoms with van der Waals surface area (Å²) in [5, 5.41) is 9.58. The monoisotopic (exact) mass is 363 g/mol. The van der Waals surface area contributed by atoms with Crippen molar-refractivity contribution in [2.45, 2.75) is 6.92 Å². The number of H-pyrrole nitrogens is 1. The Hall–Kier alpha value is -3.97. The van der Waals surface area contributed by atoms with Crippen LogP contribution in [0.2, 0.25) is 0 Å². The highest BCUT2D eigenvalue weighted by Gasteiger charge is 2.12. The van der Waals surface area contributed by atoms with E-state index in [1.165, 1.54) is 0 Å². The number of nitrogens with zero attached hydrogens (tertiary/aromatic N) is 2. The van der Waals surface area contributed by atoms with Crippen LogP contribution in [0.1, 0.15) is 32.9 Å². The molecule has 1 heterocycles. The molecule has 3 aromatic carbocycles. The van der Waals surface area contributed by atoms with Gasteiger partial charge in [0.15, 0.2) is 5.78 Å². The smallest absolute Gasteiger partial charge is 0.193 e. The zero-order valence-corrected chi connectivity index (χ0v) is 15.3. The molecule has 0 saturated heterocycles. The molecule has 0 saturated carbocycles. The minimum Gasteiger partial charge on any atom is -0.337 e. The zero-order valence-electron chi connectivity index (χ0n) is 15.3. The molecule has 0 fully saturated rings. The second-order valence-corrected chi connectivity index (χ2v) is 6.59. The van der Waals surface area contributed by atoms with Gasteiger partial charge in [-0.2, -0.15) is 5.26 Å². The maximum absolute atomic E-state index is 12.7. The molecule has 0 aliphatic heterocycles. The molecular formula is C24H17N3O. The summed E-state index contributed by atoms with van der Waals surface area (Å²) < 4.78 is 0. The van der Waals surface area contributed by atoms with Crippen LogP contribution in [0.15, 0.2) is 72.8 Å². The van der Waals surface area contributed by atoms with Crippen LogP contribution < -0.4 is 0 Å². The first-order valence-electron chi connectivity index (χ1n) is 8.92. The van der Waals surface area contributed by atoms with Gasteiger partial charge in [0.1, 0.15) is 11.9 Å². The lowest BCUT2D eigenvalue weighted by molar-refractivity contribution is 0.103. The fourth-order valence-corrected chi connectivity index (χ4v) is 3.02. The minimum atomic E-state index is -0.0469. The van der Waals surface area contributed by atoms with Crippen LogP contribution in [-0.4, -0.2) is 15.8 Å². The van der Waals surface area contributed by atoms with Crippen molar-refractivity contribution in [3.63, 3.8) is 0 Å². The number of aromatic amines is 1. The van der Waals surface area contributed by atoms with Crippen molar-refractivity contribution in [3.05, 3.63) is 101 Å². The molecule has 1 N–H and O–H groups in total. The third kappa shape index (κ3) is 3.46. The normalized spacial score (nSPS) is 11.4. The van der Waals surface area contributed by atoms with Crippen LogP contribution in [-0.2, 0) is 0 Å². The van der Waals surface area contributed by atoms with Crippen molar-refractivity contribution in [3.8, 4) is 6.07 Å². The number of ketones is 1. The number of aryl methyl sites for hydroxylation is 1. The number of aromatic nitrogens is 2. The first kappa shape index (κ1) is 17.4. The lowest BCUT2D eigenvalue weighted by Gasteiger charge is -2.00. The molecule has 0 atom stereocenters. The average Bonchev–Trinajstić information content (AvgIpc) is 3.16. The summed E-state index contributed by atoms with van der Waals surface area (Å²) in [5.74, 6) is 0.441. The number of rotatable bonds is 4. The van der Waals surface area contributed by atoms with Crippen molar-refractivity contribution in [2.24, 2.45) is 0 Å². The third-order valence-corrected chi connectivity index (χ3v) is 4.54. The Morgan fingerprint density at radius 1 is 1.00 bits per heavy atom. The molecule has 0 unspecified atom stereocenters. The van der Waals surface area contributed by atoms with Crippen LogP contribution in [0, 0.1) is 18.3 Å². The maximum Gasteiger partial charge on any atom is 0.193 e. The van der Waals surface area contributed by atoms with Gasteiger partial charge in [0.05, 0.1) is 16.6 Å². The third-order valence-electron chi connectivity index (χ3n) is 4.54. The fourth-order valence-electron chi connectivity index (χ4n) is 3.02. The summed E-state index contributed by atoms with van der Waals surface area (Å²) in [6, 6.07) is 24.6. The van der Waals surface area contributed by atoms with Crippen molar-refractivity contribution < 1.29 is 4.79 Å². The largest absolute Gasteiger partial charge is 0.337 e. The van der Waals surface area contributed by atoms with E-state index in [-0.39, 0.29) is 5.78 Å². The van der Waals surface area contributed by atoms with Gasteiger partial charge in [-0.05, 0) is 36.8 Å². The topological polar surface area (TPSA) is 69.5 Å². The quantitative estimate of drug-likeness (QED) is 0.402. The van der Waals surface area contributed by atoms with Gasteiger partial charge in [-0.25, -0.2) is 4.98 Å². The van der Waals surface area contributed by atoms with Crippen molar-refractivity contribution in [1.29, 1.82) is 5.26 Å². The Bertz CT molecular complexity index is 1230. The van der Waals surface area contributed by atoms with Gasteiger partial charge in [-0.15, -0.1) is 0 Å². The number of hydrogen-bond donors (Lipinski definition) is 1. The number of fused-ring (bicyclic) bond motifs is 1. The summed E-state index contributed by atoms with van der Waals surface area (Å²) in [4.78, 5) is 20.3. The number of carbonyl (C=O) groups excluding carboxylic acids is 1. The summed E-state index contributed by atoms with van der Waals surface area (Å²) >= 11 is 0. The molecule has 0 spiro atoms. The molecular weight excluding hydrogens is 346 g/mol. The Morgan fingerprint density at radius 3 is 2.46 bits per heavy atom. The van der Waals surface area contributed by atoms with Gasteiger partial charge >= 0.3 is 0 Å². The molecule has 4 heteroatoms. The molecule has 0 amide bonds. The van der Waals surface area contributed by atoms with E-state index in [2.05, 4.69) is 16.0 Å². The lowest BCUT2D eigenvalue weighted by Crippen LogP contribution is -2.00. The van der Waals surface area contributed by atoms with Crippen LogP contribution in [0.4, 0.5) is 0 Å². The van der Waals surface area contributed by atoms with E-state index in [1.807, 2.05) is 49.4 Å². The number of carbonyl (C=O) groups is 1. The second kappa shape index (κ2) is 7.34. The first-order chi connectivity index (χ1) is 13.6. The van der Waals surface area contributed by atoms with Crippen LogP contribution >= 0.6 is 0 Å². The molecule has 1 aromatic heterocycles. The van der Waals surface area contributed by atoms with Crippen LogP contribution in [0.25, 0.3) is 22.7 Å². The van der Waals surface area contributed by atoms with E-state index < -0.39 is 0 Å². The highest BCUT2D eigenvalue weighted by molar-refractivity contribution is 6.10. The highest BCUT2D eigenvalue weighted by Crippen LogP contribution is 2.21. The van der Waals surface area contributed by atoms with E-state index in [9.17, 15) is 10.1 Å². The summed E-state index contributed by atoms with van der Waals surface area (Å²) in [5.41, 5.74) is 5.19. The van der Waals surface area contributed by atoms with E-state index in [1.54, 1.807) is 36.4 Å². The van der Waals surface area contributed by atoms with E-state index in [0.717, 1.165) is 16.6 Å². The van der Waals surface area contributed by atoms with Crippen LogP contribution in [0.5, 0.6) is 0 Å². The van der Waals surface area contributed by atoms with Crippen molar-refractivity contribution in [1.82, 2.24) is 9.97 Å². The lowest BCUT2D eigenvalue weighted by atomic mass is 10.0. The first-order valence-corrected chi connectivity index (χ1v) is 8.92.